The van der Waals surface area contributed by atoms with Crippen LogP contribution in [0.3, 0.4) is 0 Å². The Hall–Kier alpha value is -1.95. The summed E-state index contributed by atoms with van der Waals surface area (Å²) in [5.74, 6) is -2.02. The third-order valence-electron chi connectivity index (χ3n) is 4.12. The van der Waals surface area contributed by atoms with E-state index in [4.69, 9.17) is 9.84 Å². The van der Waals surface area contributed by atoms with E-state index >= 15 is 0 Å². The number of halogens is 1. The molecular formula is C16H20FNO4. The van der Waals surface area contributed by atoms with Crippen LogP contribution >= 0.6 is 0 Å². The highest BCUT2D eigenvalue weighted by Crippen LogP contribution is 2.32. The molecule has 0 bridgehead atoms. The highest BCUT2D eigenvalue weighted by molar-refractivity contribution is 5.97. The van der Waals surface area contributed by atoms with Crippen LogP contribution in [0, 0.1) is 5.82 Å². The van der Waals surface area contributed by atoms with Gasteiger partial charge in [0.1, 0.15) is 11.4 Å². The lowest BCUT2D eigenvalue weighted by Gasteiger charge is -2.34. The lowest BCUT2D eigenvalue weighted by molar-refractivity contribution is -0.141. The predicted octanol–water partition coefficient (Wildman–Crippen LogP) is 2.74. The van der Waals surface area contributed by atoms with Gasteiger partial charge in [-0.05, 0) is 30.5 Å². The topological polar surface area (TPSA) is 75.6 Å². The van der Waals surface area contributed by atoms with E-state index < -0.39 is 17.4 Å². The number of ether oxygens (including phenoxy) is 1. The zero-order chi connectivity index (χ0) is 16.2. The molecule has 1 aromatic carbocycles. The molecule has 0 saturated heterocycles. The summed E-state index contributed by atoms with van der Waals surface area (Å²) in [5.41, 5.74) is -0.461. The highest BCUT2D eigenvalue weighted by Gasteiger charge is 2.39. The Morgan fingerprint density at radius 3 is 2.55 bits per heavy atom. The minimum Gasteiger partial charge on any atom is -0.481 e. The Bertz CT molecular complexity index is 567. The standard InChI is InChI=1S/C16H20FNO4/c1-22-16(7-3-2-4-8-16)15(21)18-12-6-5-11(9-14(19)20)13(17)10-12/h5-6,10H,2-4,7-9H2,1H3,(H,18,21)(H,19,20). The zero-order valence-corrected chi connectivity index (χ0v) is 12.5. The molecule has 1 aliphatic rings. The Morgan fingerprint density at radius 1 is 1.32 bits per heavy atom. The summed E-state index contributed by atoms with van der Waals surface area (Å²) in [6.07, 6.45) is 3.84. The van der Waals surface area contributed by atoms with E-state index in [-0.39, 0.29) is 17.9 Å². The Morgan fingerprint density at radius 2 is 2.00 bits per heavy atom. The number of aliphatic carboxylic acids is 1. The van der Waals surface area contributed by atoms with E-state index in [9.17, 15) is 14.0 Å². The monoisotopic (exact) mass is 309 g/mol. The number of carbonyl (C=O) groups is 2. The van der Waals surface area contributed by atoms with Gasteiger partial charge in [0.2, 0.25) is 0 Å². The van der Waals surface area contributed by atoms with Crippen LogP contribution in [0.2, 0.25) is 0 Å². The number of carboxylic acid groups (broad SMARTS) is 1. The quantitative estimate of drug-likeness (QED) is 0.877. The molecule has 5 nitrogen and oxygen atoms in total. The first-order valence-corrected chi connectivity index (χ1v) is 7.34. The minimum atomic E-state index is -1.10. The fraction of sp³-hybridized carbons (Fsp3) is 0.500. The van der Waals surface area contributed by atoms with Crippen LogP contribution in [0.1, 0.15) is 37.7 Å². The van der Waals surface area contributed by atoms with Gasteiger partial charge in [-0.15, -0.1) is 0 Å². The Kier molecular flexibility index (Phi) is 5.13. The molecule has 0 unspecified atom stereocenters. The predicted molar refractivity (Wildman–Crippen MR) is 79.2 cm³/mol. The van der Waals surface area contributed by atoms with Gasteiger partial charge in [0.15, 0.2) is 0 Å². The molecule has 120 valence electrons. The minimum absolute atomic E-state index is 0.0876. The maximum Gasteiger partial charge on any atom is 0.307 e. The van der Waals surface area contributed by atoms with Crippen molar-refractivity contribution >= 4 is 17.6 Å². The van der Waals surface area contributed by atoms with E-state index in [2.05, 4.69) is 5.32 Å². The summed E-state index contributed by atoms with van der Waals surface area (Å²) in [7, 11) is 1.52. The average Bonchev–Trinajstić information content (AvgIpc) is 2.50. The van der Waals surface area contributed by atoms with Gasteiger partial charge < -0.3 is 15.2 Å². The molecule has 0 aromatic heterocycles. The SMILES string of the molecule is COC1(C(=O)Nc2ccc(CC(=O)O)c(F)c2)CCCCC1. The number of carboxylic acids is 1. The second-order valence-electron chi connectivity index (χ2n) is 5.59. The summed E-state index contributed by atoms with van der Waals surface area (Å²) in [4.78, 5) is 23.1. The molecule has 1 aliphatic carbocycles. The van der Waals surface area contributed by atoms with Crippen LogP contribution < -0.4 is 5.32 Å². The van der Waals surface area contributed by atoms with Gasteiger partial charge in [0, 0.05) is 12.8 Å². The van der Waals surface area contributed by atoms with Gasteiger partial charge in [0.05, 0.1) is 6.42 Å². The van der Waals surface area contributed by atoms with Gasteiger partial charge in [-0.3, -0.25) is 9.59 Å². The average molecular weight is 309 g/mol. The van der Waals surface area contributed by atoms with Crippen LogP contribution in [-0.2, 0) is 20.7 Å². The number of hydrogen-bond acceptors (Lipinski definition) is 3. The molecule has 1 saturated carbocycles. The molecule has 2 N–H and O–H groups in total. The number of hydrogen-bond donors (Lipinski definition) is 2. The first-order chi connectivity index (χ1) is 10.5. The second-order valence-corrected chi connectivity index (χ2v) is 5.59. The lowest BCUT2D eigenvalue weighted by atomic mass is 9.84. The molecule has 1 aromatic rings. The first kappa shape index (κ1) is 16.4. The van der Waals surface area contributed by atoms with Crippen molar-refractivity contribution in [3.05, 3.63) is 29.6 Å². The number of methoxy groups -OCH3 is 1. The van der Waals surface area contributed by atoms with Gasteiger partial charge in [-0.2, -0.15) is 0 Å². The van der Waals surface area contributed by atoms with Crippen molar-refractivity contribution in [2.75, 3.05) is 12.4 Å². The van der Waals surface area contributed by atoms with E-state index in [0.29, 0.717) is 18.5 Å². The van der Waals surface area contributed by atoms with Crippen molar-refractivity contribution in [2.45, 2.75) is 44.1 Å². The molecule has 0 radical (unpaired) electrons. The van der Waals surface area contributed by atoms with Gasteiger partial charge in [-0.25, -0.2) is 4.39 Å². The zero-order valence-electron chi connectivity index (χ0n) is 12.5. The second kappa shape index (κ2) is 6.87. The maximum absolute atomic E-state index is 13.8. The van der Waals surface area contributed by atoms with E-state index in [1.165, 1.54) is 19.2 Å². The summed E-state index contributed by atoms with van der Waals surface area (Å²) < 4.78 is 19.3. The third kappa shape index (κ3) is 3.62. The van der Waals surface area contributed by atoms with Crippen LogP contribution in [0.25, 0.3) is 0 Å². The van der Waals surface area contributed by atoms with Crippen molar-refractivity contribution in [1.82, 2.24) is 0 Å². The van der Waals surface area contributed by atoms with Gasteiger partial charge in [-0.1, -0.05) is 25.3 Å². The van der Waals surface area contributed by atoms with Crippen molar-refractivity contribution in [3.63, 3.8) is 0 Å². The third-order valence-corrected chi connectivity index (χ3v) is 4.12. The Balaban J connectivity index is 2.11. The molecule has 22 heavy (non-hydrogen) atoms. The number of benzene rings is 1. The van der Waals surface area contributed by atoms with Crippen molar-refractivity contribution < 1.29 is 23.8 Å². The summed E-state index contributed by atoms with van der Waals surface area (Å²) in [6, 6.07) is 4.02. The van der Waals surface area contributed by atoms with Crippen LogP contribution in [0.4, 0.5) is 10.1 Å². The smallest absolute Gasteiger partial charge is 0.307 e. The molecule has 0 spiro atoms. The van der Waals surface area contributed by atoms with Gasteiger partial charge >= 0.3 is 5.97 Å². The number of amides is 1. The molecule has 0 aliphatic heterocycles. The fourth-order valence-electron chi connectivity index (χ4n) is 2.82. The number of anilines is 1. The van der Waals surface area contributed by atoms with Crippen molar-refractivity contribution in [3.8, 4) is 0 Å². The molecular weight excluding hydrogens is 289 g/mol. The first-order valence-electron chi connectivity index (χ1n) is 7.34. The normalized spacial score (nSPS) is 17.0. The van der Waals surface area contributed by atoms with Crippen LogP contribution in [-0.4, -0.2) is 29.7 Å². The summed E-state index contributed by atoms with van der Waals surface area (Å²) in [6.45, 7) is 0. The summed E-state index contributed by atoms with van der Waals surface area (Å²) >= 11 is 0. The largest absolute Gasteiger partial charge is 0.481 e. The molecule has 0 atom stereocenters. The molecule has 6 heteroatoms. The van der Waals surface area contributed by atoms with E-state index in [1.54, 1.807) is 0 Å². The summed E-state index contributed by atoms with van der Waals surface area (Å²) in [5, 5.41) is 11.4. The molecule has 2 rings (SSSR count). The van der Waals surface area contributed by atoms with E-state index in [1.807, 2.05) is 0 Å². The lowest BCUT2D eigenvalue weighted by Crippen LogP contribution is -2.46. The van der Waals surface area contributed by atoms with Gasteiger partial charge in [0.25, 0.3) is 5.91 Å². The fourth-order valence-corrected chi connectivity index (χ4v) is 2.82. The number of nitrogens with one attached hydrogen (secondary N) is 1. The molecule has 1 fully saturated rings. The maximum atomic E-state index is 13.8. The van der Waals surface area contributed by atoms with Crippen LogP contribution in [0.5, 0.6) is 0 Å². The number of rotatable bonds is 5. The van der Waals surface area contributed by atoms with Crippen molar-refractivity contribution in [2.24, 2.45) is 0 Å². The van der Waals surface area contributed by atoms with Crippen LogP contribution in [0.15, 0.2) is 18.2 Å². The molecule has 0 heterocycles. The number of carbonyl (C=O) groups excluding carboxylic acids is 1. The Labute approximate surface area is 128 Å². The highest BCUT2D eigenvalue weighted by atomic mass is 19.1. The molecule has 1 amide bonds. The van der Waals surface area contributed by atoms with E-state index in [0.717, 1.165) is 25.3 Å². The van der Waals surface area contributed by atoms with Crippen molar-refractivity contribution in [1.29, 1.82) is 0 Å².